The first-order chi connectivity index (χ1) is 7.04. The minimum absolute atomic E-state index is 0.0841. The van der Waals surface area contributed by atoms with Gasteiger partial charge in [-0.3, -0.25) is 10.1 Å². The lowest BCUT2D eigenvalue weighted by Crippen LogP contribution is -2.02. The highest BCUT2D eigenvalue weighted by Crippen LogP contribution is 2.32. The highest BCUT2D eigenvalue weighted by atomic mass is 32.2. The van der Waals surface area contributed by atoms with Crippen molar-refractivity contribution < 1.29 is 14.4 Å². The summed E-state index contributed by atoms with van der Waals surface area (Å²) in [5.74, 6) is -0.636. The van der Waals surface area contributed by atoms with Crippen LogP contribution in [0.3, 0.4) is 0 Å². The largest absolute Gasteiger partial charge is 0.395 e. The number of hydrogen-bond acceptors (Lipinski definition) is 4. The quantitative estimate of drug-likeness (QED) is 0.490. The summed E-state index contributed by atoms with van der Waals surface area (Å²) in [5, 5.41) is 19.3. The molecule has 0 fully saturated rings. The Balaban J connectivity index is 3.01. The number of hydrogen-bond donors (Lipinski definition) is 1. The van der Waals surface area contributed by atoms with Crippen molar-refractivity contribution >= 4 is 17.4 Å². The average molecular weight is 231 g/mol. The van der Waals surface area contributed by atoms with Crippen LogP contribution in [0.25, 0.3) is 0 Å². The summed E-state index contributed by atoms with van der Waals surface area (Å²) in [4.78, 5) is 10.3. The summed E-state index contributed by atoms with van der Waals surface area (Å²) in [6.07, 6.45) is 0. The third kappa shape index (κ3) is 3.17. The van der Waals surface area contributed by atoms with Gasteiger partial charge in [-0.15, -0.1) is 11.8 Å². The molecule has 0 amide bonds. The molecule has 15 heavy (non-hydrogen) atoms. The van der Waals surface area contributed by atoms with E-state index >= 15 is 0 Å². The van der Waals surface area contributed by atoms with E-state index in [1.807, 2.05) is 0 Å². The van der Waals surface area contributed by atoms with Gasteiger partial charge in [-0.25, -0.2) is 4.39 Å². The van der Waals surface area contributed by atoms with E-state index in [1.54, 1.807) is 6.92 Å². The lowest BCUT2D eigenvalue weighted by molar-refractivity contribution is -0.387. The number of nitrogens with zero attached hydrogens (tertiary/aromatic N) is 1. The topological polar surface area (TPSA) is 63.4 Å². The number of nitro benzene ring substituents is 1. The molecule has 0 aliphatic rings. The van der Waals surface area contributed by atoms with E-state index in [9.17, 15) is 14.5 Å². The second-order valence-corrected chi connectivity index (χ2v) is 4.46. The lowest BCUT2D eigenvalue weighted by atomic mass is 10.3. The maximum absolute atomic E-state index is 12.8. The summed E-state index contributed by atoms with van der Waals surface area (Å²) in [5.41, 5.74) is -0.264. The van der Waals surface area contributed by atoms with E-state index < -0.39 is 10.7 Å². The summed E-state index contributed by atoms with van der Waals surface area (Å²) in [6.45, 7) is 1.65. The average Bonchev–Trinajstić information content (AvgIpc) is 2.20. The van der Waals surface area contributed by atoms with Crippen molar-refractivity contribution in [2.24, 2.45) is 0 Å². The summed E-state index contributed by atoms with van der Waals surface area (Å²) >= 11 is 1.15. The smallest absolute Gasteiger partial charge is 0.285 e. The summed E-state index contributed by atoms with van der Waals surface area (Å²) < 4.78 is 12.8. The van der Waals surface area contributed by atoms with Crippen LogP contribution in [-0.2, 0) is 0 Å². The van der Waals surface area contributed by atoms with Gasteiger partial charge in [-0.2, -0.15) is 0 Å². The van der Waals surface area contributed by atoms with E-state index in [0.717, 1.165) is 17.8 Å². The first-order valence-electron chi connectivity index (χ1n) is 4.26. The lowest BCUT2D eigenvalue weighted by Gasteiger charge is -2.07. The maximum atomic E-state index is 12.8. The van der Waals surface area contributed by atoms with Crippen LogP contribution in [0.1, 0.15) is 6.92 Å². The first-order valence-corrected chi connectivity index (χ1v) is 5.14. The minimum Gasteiger partial charge on any atom is -0.395 e. The predicted molar refractivity (Wildman–Crippen MR) is 55.5 cm³/mol. The van der Waals surface area contributed by atoms with Crippen LogP contribution in [0.5, 0.6) is 0 Å². The number of nitro groups is 1. The van der Waals surface area contributed by atoms with Crippen LogP contribution in [0.2, 0.25) is 0 Å². The van der Waals surface area contributed by atoms with E-state index in [2.05, 4.69) is 0 Å². The Bertz CT molecular complexity index is 372. The van der Waals surface area contributed by atoms with Gasteiger partial charge in [0.1, 0.15) is 5.82 Å². The van der Waals surface area contributed by atoms with Crippen molar-refractivity contribution in [1.82, 2.24) is 0 Å². The third-order valence-electron chi connectivity index (χ3n) is 1.70. The normalized spacial score (nSPS) is 12.5. The zero-order chi connectivity index (χ0) is 11.4. The van der Waals surface area contributed by atoms with Crippen molar-refractivity contribution in [2.45, 2.75) is 17.1 Å². The molecule has 82 valence electrons. The number of rotatable bonds is 4. The monoisotopic (exact) mass is 231 g/mol. The van der Waals surface area contributed by atoms with Crippen LogP contribution in [-0.4, -0.2) is 21.9 Å². The van der Waals surface area contributed by atoms with Gasteiger partial charge in [0, 0.05) is 5.25 Å². The van der Waals surface area contributed by atoms with Gasteiger partial charge in [0.05, 0.1) is 22.5 Å². The van der Waals surface area contributed by atoms with Gasteiger partial charge in [0.2, 0.25) is 0 Å². The molecule has 0 saturated carbocycles. The molecule has 0 heterocycles. The van der Waals surface area contributed by atoms with Gasteiger partial charge >= 0.3 is 0 Å². The van der Waals surface area contributed by atoms with Gasteiger partial charge in [0.25, 0.3) is 5.69 Å². The highest BCUT2D eigenvalue weighted by Gasteiger charge is 2.17. The number of benzene rings is 1. The molecule has 0 aliphatic heterocycles. The second kappa shape index (κ2) is 5.09. The molecule has 6 heteroatoms. The van der Waals surface area contributed by atoms with E-state index in [-0.39, 0.29) is 17.5 Å². The zero-order valence-electron chi connectivity index (χ0n) is 8.01. The Kier molecular flexibility index (Phi) is 4.05. The van der Waals surface area contributed by atoms with Crippen molar-refractivity contribution in [3.63, 3.8) is 0 Å². The minimum atomic E-state index is -0.636. The van der Waals surface area contributed by atoms with E-state index in [4.69, 9.17) is 5.11 Å². The zero-order valence-corrected chi connectivity index (χ0v) is 8.83. The number of aliphatic hydroxyl groups excluding tert-OH is 1. The van der Waals surface area contributed by atoms with Gasteiger partial charge in [0.15, 0.2) is 0 Å². The third-order valence-corrected chi connectivity index (χ3v) is 2.85. The van der Waals surface area contributed by atoms with Crippen LogP contribution >= 0.6 is 11.8 Å². The summed E-state index contributed by atoms with van der Waals surface area (Å²) in [7, 11) is 0. The van der Waals surface area contributed by atoms with Gasteiger partial charge in [-0.1, -0.05) is 6.92 Å². The van der Waals surface area contributed by atoms with Gasteiger partial charge in [-0.05, 0) is 12.1 Å². The highest BCUT2D eigenvalue weighted by molar-refractivity contribution is 8.00. The van der Waals surface area contributed by atoms with Crippen LogP contribution in [0.4, 0.5) is 10.1 Å². The molecule has 0 aliphatic carbocycles. The Hall–Kier alpha value is -1.14. The predicted octanol–water partition coefficient (Wildman–Crippen LogP) is 2.21. The van der Waals surface area contributed by atoms with E-state index in [0.29, 0.717) is 4.90 Å². The molecule has 1 atom stereocenters. The molecular weight excluding hydrogens is 221 g/mol. The van der Waals surface area contributed by atoms with E-state index in [1.165, 1.54) is 12.1 Å². The van der Waals surface area contributed by atoms with Crippen molar-refractivity contribution in [3.8, 4) is 0 Å². The molecule has 0 saturated heterocycles. The number of halogens is 1. The fourth-order valence-corrected chi connectivity index (χ4v) is 1.90. The molecule has 4 nitrogen and oxygen atoms in total. The van der Waals surface area contributed by atoms with Crippen LogP contribution in [0, 0.1) is 15.9 Å². The van der Waals surface area contributed by atoms with Crippen LogP contribution < -0.4 is 0 Å². The SMILES string of the molecule is CC(CO)Sc1ccc(F)cc1[N+](=O)[O-]. The summed E-state index contributed by atoms with van der Waals surface area (Å²) in [6, 6.07) is 3.40. The number of thioether (sulfide) groups is 1. The standard InChI is InChI=1S/C9H10FNO3S/c1-6(5-12)15-9-3-2-7(10)4-8(9)11(13)14/h2-4,6,12H,5H2,1H3. The van der Waals surface area contributed by atoms with Gasteiger partial charge < -0.3 is 5.11 Å². The Morgan fingerprint density at radius 2 is 2.33 bits per heavy atom. The molecule has 0 aromatic heterocycles. The molecule has 0 radical (unpaired) electrons. The molecule has 0 bridgehead atoms. The molecular formula is C9H10FNO3S. The number of aliphatic hydroxyl groups is 1. The molecule has 1 aromatic rings. The first kappa shape index (κ1) is 11.9. The Morgan fingerprint density at radius 3 is 2.87 bits per heavy atom. The molecule has 1 N–H and O–H groups in total. The van der Waals surface area contributed by atoms with Crippen molar-refractivity contribution in [1.29, 1.82) is 0 Å². The Labute approximate surface area is 90.3 Å². The fraction of sp³-hybridized carbons (Fsp3) is 0.333. The van der Waals surface area contributed by atoms with Crippen molar-refractivity contribution in [3.05, 3.63) is 34.1 Å². The fourth-order valence-electron chi connectivity index (χ4n) is 0.987. The molecule has 1 aromatic carbocycles. The molecule has 1 rings (SSSR count). The van der Waals surface area contributed by atoms with Crippen molar-refractivity contribution in [2.75, 3.05) is 6.61 Å². The van der Waals surface area contributed by atoms with Crippen LogP contribution in [0.15, 0.2) is 23.1 Å². The molecule has 1 unspecified atom stereocenters. The Morgan fingerprint density at radius 1 is 1.67 bits per heavy atom. The maximum Gasteiger partial charge on any atom is 0.285 e. The second-order valence-electron chi connectivity index (χ2n) is 2.98. The molecule has 0 spiro atoms.